The number of carbonyl (C=O) groups excluding carboxylic acids is 5. The molecule has 0 atom stereocenters. The number of pyridine rings is 2. The third-order valence-corrected chi connectivity index (χ3v) is 11.6. The van der Waals surface area contributed by atoms with Gasteiger partial charge in [-0.25, -0.2) is 4.79 Å². The molecule has 0 bridgehead atoms. The molecule has 8 aromatic rings. The van der Waals surface area contributed by atoms with E-state index in [0.717, 1.165) is 50.3 Å². The molecule has 4 heterocycles. The van der Waals surface area contributed by atoms with Crippen LogP contribution in [-0.4, -0.2) is 62.3 Å². The molecular formula is C55H50N4O9. The summed E-state index contributed by atoms with van der Waals surface area (Å²) in [6.45, 7) is 4.55. The van der Waals surface area contributed by atoms with E-state index in [1.165, 1.54) is 6.92 Å². The first-order valence-electron chi connectivity index (χ1n) is 22.1. The first-order valence-corrected chi connectivity index (χ1v) is 22.1. The van der Waals surface area contributed by atoms with Crippen molar-refractivity contribution in [3.05, 3.63) is 191 Å². The van der Waals surface area contributed by atoms with Crippen LogP contribution in [0.15, 0.2) is 146 Å². The summed E-state index contributed by atoms with van der Waals surface area (Å²) in [6.07, 6.45) is 5.61. The molecule has 13 nitrogen and oxygen atoms in total. The largest absolute Gasteiger partial charge is 0.484 e. The number of aromatic nitrogens is 2. The predicted octanol–water partition coefficient (Wildman–Crippen LogP) is 8.29. The van der Waals surface area contributed by atoms with Crippen molar-refractivity contribution in [3.8, 4) is 33.8 Å². The molecule has 0 aliphatic carbocycles. The molecule has 0 saturated carbocycles. The number of nitrogens with zero attached hydrogens (tertiary/aromatic N) is 2. The molecule has 4 aromatic carbocycles. The molecule has 0 radical (unpaired) electrons. The second kappa shape index (κ2) is 21.2. The molecule has 344 valence electrons. The van der Waals surface area contributed by atoms with Gasteiger partial charge in [-0.2, -0.15) is 0 Å². The molecular weight excluding hydrogens is 861 g/mol. The Morgan fingerprint density at radius 1 is 0.515 bits per heavy atom. The van der Waals surface area contributed by atoms with E-state index in [0.29, 0.717) is 48.0 Å². The average molecular weight is 911 g/mol. The van der Waals surface area contributed by atoms with Gasteiger partial charge in [-0.05, 0) is 88.5 Å². The zero-order valence-electron chi connectivity index (χ0n) is 37.9. The summed E-state index contributed by atoms with van der Waals surface area (Å²) in [6, 6.07) is 43.0. The minimum atomic E-state index is -1.15. The molecule has 0 spiro atoms. The van der Waals surface area contributed by atoms with E-state index in [-0.39, 0.29) is 29.3 Å². The number of hydrogen-bond donors (Lipinski definition) is 3. The maximum Gasteiger partial charge on any atom is 0.341 e. The van der Waals surface area contributed by atoms with Crippen molar-refractivity contribution in [1.29, 1.82) is 0 Å². The van der Waals surface area contributed by atoms with E-state index in [2.05, 4.69) is 24.3 Å². The molecule has 13 heteroatoms. The fraction of sp³-hybridized carbons (Fsp3) is 0.164. The number of rotatable bonds is 18. The summed E-state index contributed by atoms with van der Waals surface area (Å²) in [5.74, 6) is -4.44. The van der Waals surface area contributed by atoms with E-state index >= 15 is 0 Å². The van der Waals surface area contributed by atoms with Crippen LogP contribution < -0.4 is 20.9 Å². The lowest BCUT2D eigenvalue weighted by molar-refractivity contribution is -0.139. The zero-order chi connectivity index (χ0) is 48.5. The quantitative estimate of drug-likeness (QED) is 0.0559. The number of hydrogen-bond acceptors (Lipinski definition) is 8. The fourth-order valence-corrected chi connectivity index (χ4v) is 8.72. The van der Waals surface area contributed by atoms with Crippen molar-refractivity contribution < 1.29 is 43.3 Å². The number of carbonyl (C=O) groups is 6. The van der Waals surface area contributed by atoms with Crippen molar-refractivity contribution in [2.45, 2.75) is 46.5 Å². The van der Waals surface area contributed by atoms with Gasteiger partial charge >= 0.3 is 5.97 Å². The molecule has 5 N–H and O–H groups in total. The Labute approximate surface area is 392 Å². The highest BCUT2D eigenvalue weighted by Crippen LogP contribution is 2.37. The van der Waals surface area contributed by atoms with Gasteiger partial charge in [0.05, 0.1) is 22.2 Å². The molecule has 2 amide bonds. The number of primary amides is 2. The summed E-state index contributed by atoms with van der Waals surface area (Å²) in [5, 5.41) is 9.08. The van der Waals surface area contributed by atoms with E-state index in [1.807, 2.05) is 109 Å². The summed E-state index contributed by atoms with van der Waals surface area (Å²) < 4.78 is 14.9. The zero-order valence-corrected chi connectivity index (χ0v) is 37.9. The second-order valence-corrected chi connectivity index (χ2v) is 15.9. The van der Waals surface area contributed by atoms with Gasteiger partial charge < -0.3 is 34.8 Å². The van der Waals surface area contributed by atoms with Crippen LogP contribution in [0.25, 0.3) is 33.3 Å². The Morgan fingerprint density at radius 2 is 0.897 bits per heavy atom. The molecule has 0 aliphatic rings. The maximum absolute atomic E-state index is 13.0. The highest BCUT2D eigenvalue weighted by molar-refractivity contribution is 6.45. The molecule has 8 rings (SSSR count). The fourth-order valence-electron chi connectivity index (χ4n) is 8.72. The third kappa shape index (κ3) is 9.97. The number of nitrogens with two attached hydrogens (primary N) is 2. The number of fused-ring (bicyclic) bond motifs is 2. The lowest BCUT2D eigenvalue weighted by atomic mass is 9.94. The third-order valence-electron chi connectivity index (χ3n) is 11.6. The van der Waals surface area contributed by atoms with Crippen LogP contribution in [0, 0.1) is 0 Å². The predicted molar refractivity (Wildman–Crippen MR) is 259 cm³/mol. The number of ketones is 3. The lowest BCUT2D eigenvalue weighted by Gasteiger charge is -2.12. The highest BCUT2D eigenvalue weighted by atomic mass is 16.5. The van der Waals surface area contributed by atoms with Crippen molar-refractivity contribution in [3.63, 3.8) is 0 Å². The Kier molecular flexibility index (Phi) is 14.7. The van der Waals surface area contributed by atoms with Crippen LogP contribution >= 0.6 is 0 Å². The molecule has 0 saturated heterocycles. The van der Waals surface area contributed by atoms with Crippen LogP contribution in [0.2, 0.25) is 0 Å². The number of ether oxygens (including phenoxy) is 2. The monoisotopic (exact) mass is 910 g/mol. The van der Waals surface area contributed by atoms with E-state index in [1.54, 1.807) is 34.9 Å². The Hall–Kier alpha value is -8.58. The van der Waals surface area contributed by atoms with E-state index in [4.69, 9.17) is 26.0 Å². The van der Waals surface area contributed by atoms with E-state index < -0.39 is 36.0 Å². The van der Waals surface area contributed by atoms with Gasteiger partial charge in [-0.15, -0.1) is 0 Å². The van der Waals surface area contributed by atoms with Crippen molar-refractivity contribution in [1.82, 2.24) is 8.80 Å². The average Bonchev–Trinajstić information content (AvgIpc) is 3.85. The maximum atomic E-state index is 13.0. The highest BCUT2D eigenvalue weighted by Gasteiger charge is 2.30. The smallest absolute Gasteiger partial charge is 0.341 e. The Bertz CT molecular complexity index is 2990. The first kappa shape index (κ1) is 47.4. The Balaban J connectivity index is 0.000000201. The van der Waals surface area contributed by atoms with Crippen molar-refractivity contribution >= 4 is 46.2 Å². The number of aliphatic carboxylic acids is 1. The van der Waals surface area contributed by atoms with Gasteiger partial charge in [0.25, 0.3) is 23.4 Å². The topological polar surface area (TPSA) is 202 Å². The van der Waals surface area contributed by atoms with Gasteiger partial charge in [-0.3, -0.25) is 24.0 Å². The van der Waals surface area contributed by atoms with Crippen LogP contribution in [0.3, 0.4) is 0 Å². The SMILES string of the molecule is CCc1c(C(=O)C(N)=O)c2c(OCC(=O)O)cccn2c1Cc1ccccc1-c1ccccc1.CCc1c(C(=O)C(N)=O)c2c(OCC(C)=O)cccn2c1Cc1ccccc1-c1ccccc1. The molecule has 0 fully saturated rings. The molecule has 0 unspecified atom stereocenters. The number of carboxylic acid groups (broad SMARTS) is 1. The van der Waals surface area contributed by atoms with Crippen LogP contribution in [0.4, 0.5) is 0 Å². The van der Waals surface area contributed by atoms with E-state index in [9.17, 15) is 28.8 Å². The summed E-state index contributed by atoms with van der Waals surface area (Å²) in [7, 11) is 0. The second-order valence-electron chi connectivity index (χ2n) is 15.9. The van der Waals surface area contributed by atoms with Crippen molar-refractivity contribution in [2.75, 3.05) is 13.2 Å². The van der Waals surface area contributed by atoms with Crippen LogP contribution in [0.1, 0.15) is 75.1 Å². The summed E-state index contributed by atoms with van der Waals surface area (Å²) in [4.78, 5) is 72.4. The molecule has 0 aliphatic heterocycles. The number of Topliss-reactive ketones (excluding diaryl/α,β-unsaturated/α-hetero) is 3. The number of carboxylic acids is 1. The Morgan fingerprint density at radius 3 is 1.26 bits per heavy atom. The van der Waals surface area contributed by atoms with Gasteiger partial charge in [-0.1, -0.05) is 123 Å². The van der Waals surface area contributed by atoms with Gasteiger partial charge in [0.15, 0.2) is 12.4 Å². The normalized spacial score (nSPS) is 10.9. The van der Waals surface area contributed by atoms with Gasteiger partial charge in [0, 0.05) is 36.6 Å². The number of benzene rings is 4. The summed E-state index contributed by atoms with van der Waals surface area (Å²) >= 11 is 0. The first-order chi connectivity index (χ1) is 32.8. The van der Waals surface area contributed by atoms with Crippen molar-refractivity contribution in [2.24, 2.45) is 11.5 Å². The minimum Gasteiger partial charge on any atom is -0.484 e. The molecule has 68 heavy (non-hydrogen) atoms. The number of amides is 2. The van der Waals surface area contributed by atoms with Crippen LogP contribution in [0.5, 0.6) is 11.5 Å². The van der Waals surface area contributed by atoms with Crippen LogP contribution in [-0.2, 0) is 44.9 Å². The molecule has 4 aromatic heterocycles. The standard InChI is InChI=1S/C28H26N2O4.C27H24N2O5/c1-3-21-23(16-20-12-7-8-13-22(20)19-10-5-4-6-11-19)30-15-9-14-24(34-17-18(2)31)26(30)25(21)27(32)28(29)33;1-2-19-21(15-18-11-6-7-12-20(18)17-9-4-3-5-10-17)29-14-8-13-22(34-16-23(30)31)25(29)24(19)26(32)27(28)33/h4-15H,3,16-17H2,1-2H3,(H2,29,33);3-14H,2,15-16H2,1H3,(H2,28,33)(H,30,31). The lowest BCUT2D eigenvalue weighted by Crippen LogP contribution is -2.24. The van der Waals surface area contributed by atoms with Gasteiger partial charge in [0.2, 0.25) is 0 Å². The summed E-state index contributed by atoms with van der Waals surface area (Å²) in [5.41, 5.74) is 21.5. The minimum absolute atomic E-state index is 0.136. The van der Waals surface area contributed by atoms with Gasteiger partial charge in [0.1, 0.15) is 18.1 Å².